The van der Waals surface area contributed by atoms with Gasteiger partial charge in [0.2, 0.25) is 5.91 Å². The summed E-state index contributed by atoms with van der Waals surface area (Å²) in [6.07, 6.45) is 0. The van der Waals surface area contributed by atoms with E-state index >= 15 is 0 Å². The molecule has 0 bridgehead atoms. The Morgan fingerprint density at radius 3 is 2.58 bits per heavy atom. The quantitative estimate of drug-likeness (QED) is 0.614. The van der Waals surface area contributed by atoms with Crippen molar-refractivity contribution in [2.45, 2.75) is 6.92 Å². The summed E-state index contributed by atoms with van der Waals surface area (Å²) in [4.78, 5) is 23.0. The number of rotatable bonds is 6. The van der Waals surface area contributed by atoms with Crippen molar-refractivity contribution in [3.8, 4) is 5.75 Å². The predicted molar refractivity (Wildman–Crippen MR) is 93.0 cm³/mol. The van der Waals surface area contributed by atoms with Crippen molar-refractivity contribution >= 4 is 40.8 Å². The Kier molecular flexibility index (Phi) is 6.46. The lowest BCUT2D eigenvalue weighted by Gasteiger charge is -2.09. The van der Waals surface area contributed by atoms with E-state index in [-0.39, 0.29) is 19.1 Å². The number of hydrogen-bond donors (Lipinski definition) is 1. The maximum Gasteiger partial charge on any atom is 0.338 e. The van der Waals surface area contributed by atoms with Gasteiger partial charge in [-0.3, -0.25) is 4.79 Å². The lowest BCUT2D eigenvalue weighted by molar-refractivity contribution is -0.114. The number of benzene rings is 2. The van der Waals surface area contributed by atoms with E-state index < -0.39 is 5.97 Å². The second-order valence-electron chi connectivity index (χ2n) is 4.82. The number of nitrogens with one attached hydrogen (secondary N) is 1. The van der Waals surface area contributed by atoms with Crippen molar-refractivity contribution in [2.75, 3.05) is 18.5 Å². The fourth-order valence-corrected chi connectivity index (χ4v) is 2.35. The van der Waals surface area contributed by atoms with Gasteiger partial charge in [0.1, 0.15) is 19.0 Å². The number of hydrogen-bond acceptors (Lipinski definition) is 4. The highest BCUT2D eigenvalue weighted by molar-refractivity contribution is 6.35. The first kappa shape index (κ1) is 18.1. The second-order valence-corrected chi connectivity index (χ2v) is 5.66. The smallest absolute Gasteiger partial charge is 0.338 e. The first-order valence-corrected chi connectivity index (χ1v) is 7.84. The average molecular weight is 368 g/mol. The summed E-state index contributed by atoms with van der Waals surface area (Å²) in [5.74, 6) is -0.258. The van der Waals surface area contributed by atoms with E-state index in [0.29, 0.717) is 27.0 Å². The molecule has 0 aromatic heterocycles. The SMILES string of the molecule is CC(=O)Nc1cccc(C(=O)OCCOc2ccc(Cl)cc2Cl)c1. The van der Waals surface area contributed by atoms with Gasteiger partial charge in [0.15, 0.2) is 0 Å². The van der Waals surface area contributed by atoms with Crippen LogP contribution in [0.1, 0.15) is 17.3 Å². The molecule has 2 aromatic carbocycles. The van der Waals surface area contributed by atoms with E-state index in [1.807, 2.05) is 0 Å². The fourth-order valence-electron chi connectivity index (χ4n) is 1.89. The Labute approximate surface area is 149 Å². The molecule has 0 saturated carbocycles. The summed E-state index contributed by atoms with van der Waals surface area (Å²) in [5.41, 5.74) is 0.868. The van der Waals surface area contributed by atoms with Gasteiger partial charge in [-0.1, -0.05) is 29.3 Å². The van der Waals surface area contributed by atoms with Gasteiger partial charge < -0.3 is 14.8 Å². The van der Waals surface area contributed by atoms with Crippen LogP contribution in [0.3, 0.4) is 0 Å². The summed E-state index contributed by atoms with van der Waals surface area (Å²) < 4.78 is 10.6. The number of carbonyl (C=O) groups excluding carboxylic acids is 2. The van der Waals surface area contributed by atoms with Crippen LogP contribution in [0.15, 0.2) is 42.5 Å². The topological polar surface area (TPSA) is 64.6 Å². The first-order valence-electron chi connectivity index (χ1n) is 7.08. The van der Waals surface area contributed by atoms with Crippen LogP contribution in [0.5, 0.6) is 5.75 Å². The van der Waals surface area contributed by atoms with Crippen molar-refractivity contribution in [1.82, 2.24) is 0 Å². The largest absolute Gasteiger partial charge is 0.488 e. The number of halogens is 2. The summed E-state index contributed by atoms with van der Waals surface area (Å²) >= 11 is 11.8. The van der Waals surface area contributed by atoms with Crippen LogP contribution in [0.4, 0.5) is 5.69 Å². The first-order chi connectivity index (χ1) is 11.5. The molecule has 0 saturated heterocycles. The minimum absolute atomic E-state index is 0.0577. The highest BCUT2D eigenvalue weighted by atomic mass is 35.5. The van der Waals surface area contributed by atoms with Gasteiger partial charge in [-0.15, -0.1) is 0 Å². The van der Waals surface area contributed by atoms with Crippen molar-refractivity contribution in [2.24, 2.45) is 0 Å². The van der Waals surface area contributed by atoms with Gasteiger partial charge in [0.25, 0.3) is 0 Å². The van der Waals surface area contributed by atoms with Crippen molar-refractivity contribution in [3.63, 3.8) is 0 Å². The summed E-state index contributed by atoms with van der Waals surface area (Å²) in [7, 11) is 0. The second kappa shape index (κ2) is 8.57. The number of carbonyl (C=O) groups is 2. The van der Waals surface area contributed by atoms with Gasteiger partial charge in [0, 0.05) is 17.6 Å². The molecule has 1 N–H and O–H groups in total. The van der Waals surface area contributed by atoms with Crippen molar-refractivity contribution < 1.29 is 19.1 Å². The van der Waals surface area contributed by atoms with E-state index in [1.165, 1.54) is 6.92 Å². The normalized spacial score (nSPS) is 10.1. The fraction of sp³-hybridized carbons (Fsp3) is 0.176. The van der Waals surface area contributed by atoms with E-state index in [9.17, 15) is 9.59 Å². The third-order valence-electron chi connectivity index (χ3n) is 2.89. The molecule has 0 aliphatic heterocycles. The molecular formula is C17H15Cl2NO4. The standard InChI is InChI=1S/C17H15Cl2NO4/c1-11(21)20-14-4-2-3-12(9-14)17(22)24-8-7-23-16-6-5-13(18)10-15(16)19/h2-6,9-10H,7-8H2,1H3,(H,20,21). The van der Waals surface area contributed by atoms with Crippen LogP contribution < -0.4 is 10.1 Å². The molecule has 0 aliphatic rings. The van der Waals surface area contributed by atoms with Gasteiger partial charge in [-0.2, -0.15) is 0 Å². The third-order valence-corrected chi connectivity index (χ3v) is 3.42. The lowest BCUT2D eigenvalue weighted by Crippen LogP contribution is -2.13. The maximum absolute atomic E-state index is 12.0. The Morgan fingerprint density at radius 1 is 1.08 bits per heavy atom. The third kappa shape index (κ3) is 5.44. The Bertz CT molecular complexity index is 749. The number of anilines is 1. The molecule has 0 aliphatic carbocycles. The average Bonchev–Trinajstić information content (AvgIpc) is 2.52. The summed E-state index contributed by atoms with van der Waals surface area (Å²) in [6.45, 7) is 1.60. The van der Waals surface area contributed by atoms with Gasteiger partial charge >= 0.3 is 5.97 Å². The molecule has 0 spiro atoms. The minimum Gasteiger partial charge on any atom is -0.488 e. The molecule has 1 amide bonds. The Balaban J connectivity index is 1.84. The molecule has 0 heterocycles. The van der Waals surface area contributed by atoms with Gasteiger partial charge in [-0.25, -0.2) is 4.79 Å². The van der Waals surface area contributed by atoms with E-state index in [2.05, 4.69) is 5.32 Å². The summed E-state index contributed by atoms with van der Waals surface area (Å²) in [5, 5.41) is 3.50. The molecule has 2 rings (SSSR count). The summed E-state index contributed by atoms with van der Waals surface area (Å²) in [6, 6.07) is 11.4. The molecule has 0 fully saturated rings. The van der Waals surface area contributed by atoms with E-state index in [0.717, 1.165) is 0 Å². The monoisotopic (exact) mass is 367 g/mol. The van der Waals surface area contributed by atoms with Crippen LogP contribution >= 0.6 is 23.2 Å². The lowest BCUT2D eigenvalue weighted by atomic mass is 10.2. The molecule has 0 unspecified atom stereocenters. The molecule has 7 heteroatoms. The van der Waals surface area contributed by atoms with E-state index in [4.69, 9.17) is 32.7 Å². The Hall–Kier alpha value is -2.24. The highest BCUT2D eigenvalue weighted by Gasteiger charge is 2.09. The maximum atomic E-state index is 12.0. The zero-order valence-corrected chi connectivity index (χ0v) is 14.4. The zero-order valence-electron chi connectivity index (χ0n) is 12.8. The molecule has 126 valence electrons. The molecule has 2 aromatic rings. The minimum atomic E-state index is -0.506. The van der Waals surface area contributed by atoms with Gasteiger partial charge in [0.05, 0.1) is 10.6 Å². The van der Waals surface area contributed by atoms with Crippen molar-refractivity contribution in [1.29, 1.82) is 0 Å². The van der Waals surface area contributed by atoms with E-state index in [1.54, 1.807) is 42.5 Å². The Morgan fingerprint density at radius 2 is 1.88 bits per heavy atom. The van der Waals surface area contributed by atoms with Gasteiger partial charge in [-0.05, 0) is 36.4 Å². The predicted octanol–water partition coefficient (Wildman–Crippen LogP) is 4.19. The zero-order chi connectivity index (χ0) is 17.5. The molecule has 5 nitrogen and oxygen atoms in total. The van der Waals surface area contributed by atoms with Crippen LogP contribution in [0.2, 0.25) is 10.0 Å². The molecule has 0 atom stereocenters. The van der Waals surface area contributed by atoms with Crippen LogP contribution in [0.25, 0.3) is 0 Å². The highest BCUT2D eigenvalue weighted by Crippen LogP contribution is 2.27. The van der Waals surface area contributed by atoms with Crippen LogP contribution in [0, 0.1) is 0 Å². The molecule has 0 radical (unpaired) electrons. The number of ether oxygens (including phenoxy) is 2. The molecule has 24 heavy (non-hydrogen) atoms. The van der Waals surface area contributed by atoms with Crippen LogP contribution in [-0.4, -0.2) is 25.1 Å². The number of amides is 1. The molecular weight excluding hydrogens is 353 g/mol. The van der Waals surface area contributed by atoms with Crippen molar-refractivity contribution in [3.05, 3.63) is 58.1 Å². The number of esters is 1. The van der Waals surface area contributed by atoms with Crippen LogP contribution in [-0.2, 0) is 9.53 Å².